The van der Waals surface area contributed by atoms with Gasteiger partial charge in [-0.15, -0.1) is 0 Å². The number of rotatable bonds is 0. The normalized spacial score (nSPS) is 19.7. The molecule has 1 aliphatic heterocycles. The molecule has 82 valence electrons. The van der Waals surface area contributed by atoms with Crippen LogP contribution >= 0.6 is 0 Å². The molecule has 2 rings (SSSR count). The fourth-order valence-electron chi connectivity index (χ4n) is 1.63. The van der Waals surface area contributed by atoms with Gasteiger partial charge in [-0.1, -0.05) is 6.08 Å². The summed E-state index contributed by atoms with van der Waals surface area (Å²) in [6.07, 6.45) is 11.0. The van der Waals surface area contributed by atoms with Gasteiger partial charge < -0.3 is 11.1 Å². The van der Waals surface area contributed by atoms with E-state index in [0.29, 0.717) is 0 Å². The lowest BCUT2D eigenvalue weighted by Crippen LogP contribution is -2.03. The average Bonchev–Trinajstić information content (AvgIpc) is 2.53. The zero-order chi connectivity index (χ0) is 10.9. The van der Waals surface area contributed by atoms with Crippen molar-refractivity contribution < 1.29 is 0 Å². The number of nitrogens with one attached hydrogen (secondary N) is 1. The van der Waals surface area contributed by atoms with Gasteiger partial charge in [0, 0.05) is 17.8 Å². The van der Waals surface area contributed by atoms with Crippen molar-refractivity contribution in [3.63, 3.8) is 0 Å². The van der Waals surface area contributed by atoms with Crippen molar-refractivity contribution >= 4 is 0 Å². The molecule has 0 aromatic rings. The van der Waals surface area contributed by atoms with Crippen LogP contribution in [0.2, 0.25) is 0 Å². The second kappa shape index (κ2) is 6.94. The van der Waals surface area contributed by atoms with Crippen LogP contribution in [-0.2, 0) is 0 Å². The molecule has 1 aliphatic carbocycles. The Labute approximate surface area is 91.7 Å². The molecule has 0 atom stereocenters. The maximum Gasteiger partial charge on any atom is 0.0965 e. The highest BCUT2D eigenvalue weighted by Gasteiger charge is 2.09. The van der Waals surface area contributed by atoms with E-state index in [0.717, 1.165) is 37.1 Å². The maximum atomic E-state index is 8.35. The van der Waals surface area contributed by atoms with Crippen LogP contribution in [-0.4, -0.2) is 6.54 Å². The Bertz CT molecular complexity index is 276. The first-order chi connectivity index (χ1) is 7.34. The molecule has 3 heteroatoms. The van der Waals surface area contributed by atoms with E-state index in [9.17, 15) is 0 Å². The first-order valence-electron chi connectivity index (χ1n) is 5.60. The van der Waals surface area contributed by atoms with Gasteiger partial charge in [-0.2, -0.15) is 5.26 Å². The van der Waals surface area contributed by atoms with Gasteiger partial charge in [0.05, 0.1) is 6.07 Å². The van der Waals surface area contributed by atoms with Gasteiger partial charge in [-0.05, 0) is 44.7 Å². The van der Waals surface area contributed by atoms with Crippen LogP contribution in [0.25, 0.3) is 0 Å². The smallest absolute Gasteiger partial charge is 0.0965 e. The lowest BCUT2D eigenvalue weighted by atomic mass is 10.2. The Morgan fingerprint density at radius 3 is 2.73 bits per heavy atom. The third kappa shape index (κ3) is 4.55. The summed E-state index contributed by atoms with van der Waals surface area (Å²) < 4.78 is 0. The average molecular weight is 205 g/mol. The van der Waals surface area contributed by atoms with E-state index in [4.69, 9.17) is 11.0 Å². The minimum Gasteiger partial charge on any atom is -0.401 e. The number of nitrogens with zero attached hydrogens (tertiary/aromatic N) is 1. The molecule has 3 nitrogen and oxygen atoms in total. The second-order valence-corrected chi connectivity index (χ2v) is 3.82. The van der Waals surface area contributed by atoms with Crippen molar-refractivity contribution in [2.75, 3.05) is 6.54 Å². The highest BCUT2D eigenvalue weighted by atomic mass is 14.8. The van der Waals surface area contributed by atoms with E-state index in [1.165, 1.54) is 19.3 Å². The van der Waals surface area contributed by atoms with E-state index in [2.05, 4.69) is 17.5 Å². The molecule has 1 heterocycles. The third-order valence-electron chi connectivity index (χ3n) is 2.57. The molecule has 0 unspecified atom stereocenters. The largest absolute Gasteiger partial charge is 0.401 e. The second-order valence-electron chi connectivity index (χ2n) is 3.82. The van der Waals surface area contributed by atoms with Crippen LogP contribution in [0.4, 0.5) is 0 Å². The van der Waals surface area contributed by atoms with Crippen LogP contribution in [0.3, 0.4) is 0 Å². The van der Waals surface area contributed by atoms with E-state index in [1.54, 1.807) is 0 Å². The molecule has 3 N–H and O–H groups in total. The summed E-state index contributed by atoms with van der Waals surface area (Å²) in [5.41, 5.74) is 7.04. The van der Waals surface area contributed by atoms with Crippen molar-refractivity contribution in [3.05, 3.63) is 23.5 Å². The van der Waals surface area contributed by atoms with Crippen LogP contribution < -0.4 is 11.1 Å². The minimum absolute atomic E-state index is 0.796. The number of hydrogen-bond donors (Lipinski definition) is 2. The van der Waals surface area contributed by atoms with Gasteiger partial charge in [-0.3, -0.25) is 0 Å². The zero-order valence-electron chi connectivity index (χ0n) is 9.13. The SMILES string of the molecule is C1=CNCCCC1.N#CC1=C(N)CCC1. The summed E-state index contributed by atoms with van der Waals surface area (Å²) in [4.78, 5) is 0. The van der Waals surface area contributed by atoms with Crippen LogP contribution in [0.1, 0.15) is 38.5 Å². The van der Waals surface area contributed by atoms with Gasteiger partial charge in [0.2, 0.25) is 0 Å². The predicted molar refractivity (Wildman–Crippen MR) is 61.7 cm³/mol. The van der Waals surface area contributed by atoms with Gasteiger partial charge in [0.25, 0.3) is 0 Å². The predicted octanol–water partition coefficient (Wildman–Crippen LogP) is 2.18. The summed E-state index contributed by atoms with van der Waals surface area (Å²) in [5.74, 6) is 0. The summed E-state index contributed by atoms with van der Waals surface area (Å²) >= 11 is 0. The van der Waals surface area contributed by atoms with E-state index in [-0.39, 0.29) is 0 Å². The van der Waals surface area contributed by atoms with Crippen LogP contribution in [0.15, 0.2) is 23.5 Å². The maximum absolute atomic E-state index is 8.35. The fourth-order valence-corrected chi connectivity index (χ4v) is 1.63. The highest BCUT2D eigenvalue weighted by Crippen LogP contribution is 2.20. The van der Waals surface area contributed by atoms with E-state index < -0.39 is 0 Å². The summed E-state index contributed by atoms with van der Waals surface area (Å²) in [5, 5.41) is 11.5. The lowest BCUT2D eigenvalue weighted by Gasteiger charge is -1.90. The molecule has 0 amide bonds. The molecular formula is C12H19N3. The van der Waals surface area contributed by atoms with Crippen LogP contribution in [0, 0.1) is 11.3 Å². The molecule has 0 aromatic carbocycles. The summed E-state index contributed by atoms with van der Waals surface area (Å²) in [6, 6.07) is 2.07. The minimum atomic E-state index is 0.796. The first kappa shape index (κ1) is 11.6. The van der Waals surface area contributed by atoms with Gasteiger partial charge in [0.15, 0.2) is 0 Å². The van der Waals surface area contributed by atoms with Crippen molar-refractivity contribution in [2.24, 2.45) is 5.73 Å². The molecule has 0 saturated heterocycles. The molecule has 15 heavy (non-hydrogen) atoms. The Morgan fingerprint density at radius 2 is 2.13 bits per heavy atom. The van der Waals surface area contributed by atoms with E-state index >= 15 is 0 Å². The van der Waals surface area contributed by atoms with E-state index in [1.807, 2.05) is 6.20 Å². The molecule has 0 bridgehead atoms. The van der Waals surface area contributed by atoms with Gasteiger partial charge in [-0.25, -0.2) is 0 Å². The van der Waals surface area contributed by atoms with Crippen molar-refractivity contribution in [1.82, 2.24) is 5.32 Å². The van der Waals surface area contributed by atoms with Crippen molar-refractivity contribution in [3.8, 4) is 6.07 Å². The topological polar surface area (TPSA) is 61.8 Å². The monoisotopic (exact) mass is 205 g/mol. The molecule has 0 fully saturated rings. The highest BCUT2D eigenvalue weighted by molar-refractivity contribution is 5.29. The van der Waals surface area contributed by atoms with Gasteiger partial charge >= 0.3 is 0 Å². The van der Waals surface area contributed by atoms with Crippen molar-refractivity contribution in [1.29, 1.82) is 5.26 Å². The molecule has 0 aromatic heterocycles. The number of allylic oxidation sites excluding steroid dienone is 3. The first-order valence-corrected chi connectivity index (χ1v) is 5.60. The number of nitriles is 1. The Hall–Kier alpha value is -1.43. The quantitative estimate of drug-likeness (QED) is 0.637. The Morgan fingerprint density at radius 1 is 1.27 bits per heavy atom. The fraction of sp³-hybridized carbons (Fsp3) is 0.583. The molecular weight excluding hydrogens is 186 g/mol. The lowest BCUT2D eigenvalue weighted by molar-refractivity contribution is 0.730. The molecule has 0 radical (unpaired) electrons. The van der Waals surface area contributed by atoms with Crippen LogP contribution in [0.5, 0.6) is 0 Å². The Balaban J connectivity index is 0.000000151. The zero-order valence-corrected chi connectivity index (χ0v) is 9.13. The Kier molecular flexibility index (Phi) is 5.39. The van der Waals surface area contributed by atoms with Crippen molar-refractivity contribution in [2.45, 2.75) is 38.5 Å². The molecule has 2 aliphatic rings. The summed E-state index contributed by atoms with van der Waals surface area (Å²) in [7, 11) is 0. The third-order valence-corrected chi connectivity index (χ3v) is 2.57. The number of hydrogen-bond acceptors (Lipinski definition) is 3. The van der Waals surface area contributed by atoms with Gasteiger partial charge in [0.1, 0.15) is 0 Å². The standard InChI is InChI=1S/C6H8N2.C6H11N/c7-4-5-2-1-3-6(5)8;1-2-4-6-7-5-3-1/h1-3,8H2;3,5,7H,1-2,4,6H2. The molecule has 0 spiro atoms. The number of nitrogens with two attached hydrogens (primary N) is 1. The summed E-state index contributed by atoms with van der Waals surface area (Å²) in [6.45, 7) is 1.16. The molecule has 0 saturated carbocycles.